The molecule has 0 aromatic heterocycles. The Bertz CT molecular complexity index is 349. The Kier molecular flexibility index (Phi) is 1.90. The number of carbonyl (C=O) groups excluding carboxylic acids is 1. The van der Waals surface area contributed by atoms with Gasteiger partial charge in [0.2, 0.25) is 0 Å². The van der Waals surface area contributed by atoms with Gasteiger partial charge in [0.25, 0.3) is 5.91 Å². The Balaban J connectivity index is 2.52. The van der Waals surface area contributed by atoms with E-state index in [2.05, 4.69) is 0 Å². The van der Waals surface area contributed by atoms with Crippen molar-refractivity contribution in [3.63, 3.8) is 0 Å². The van der Waals surface area contributed by atoms with Crippen molar-refractivity contribution in [1.82, 2.24) is 0 Å². The summed E-state index contributed by atoms with van der Waals surface area (Å²) in [7, 11) is 0. The number of hydrogen-bond acceptors (Lipinski definition) is 3. The Morgan fingerprint density at radius 3 is 3.08 bits per heavy atom. The molecule has 13 heavy (non-hydrogen) atoms. The van der Waals surface area contributed by atoms with E-state index in [1.165, 1.54) is 0 Å². The monoisotopic (exact) mass is 179 g/mol. The molecule has 0 saturated carbocycles. The van der Waals surface area contributed by atoms with Gasteiger partial charge in [0, 0.05) is 5.56 Å². The molecule has 1 aliphatic rings. The van der Waals surface area contributed by atoms with Crippen LogP contribution in [0.1, 0.15) is 15.9 Å². The summed E-state index contributed by atoms with van der Waals surface area (Å²) in [6.07, 6.45) is 0. The minimum atomic E-state index is -0.473. The average molecular weight is 179 g/mol. The van der Waals surface area contributed by atoms with Gasteiger partial charge in [-0.1, -0.05) is 12.1 Å². The Hall–Kier alpha value is -1.55. The van der Waals surface area contributed by atoms with Gasteiger partial charge in [-0.15, -0.1) is 0 Å². The van der Waals surface area contributed by atoms with Crippen molar-refractivity contribution in [2.45, 2.75) is 6.61 Å². The summed E-state index contributed by atoms with van der Waals surface area (Å²) in [6, 6.07) is 5.25. The largest absolute Gasteiger partial charge is 0.466 e. The number of fused-ring (bicyclic) bond motifs is 1. The molecule has 0 unspecified atom stereocenters. The SMILES string of the molecule is NC(=O)c1cccc2c1OCOC2. The van der Waals surface area contributed by atoms with Gasteiger partial charge >= 0.3 is 0 Å². The number of ether oxygens (including phenoxy) is 2. The van der Waals surface area contributed by atoms with Crippen molar-refractivity contribution in [2.75, 3.05) is 6.79 Å². The fourth-order valence-corrected chi connectivity index (χ4v) is 1.32. The van der Waals surface area contributed by atoms with E-state index in [1.54, 1.807) is 12.1 Å². The highest BCUT2D eigenvalue weighted by atomic mass is 16.7. The fraction of sp³-hybridized carbons (Fsp3) is 0.222. The summed E-state index contributed by atoms with van der Waals surface area (Å²) in [4.78, 5) is 11.0. The number of amides is 1. The normalized spacial score (nSPS) is 14.5. The van der Waals surface area contributed by atoms with E-state index in [0.29, 0.717) is 17.9 Å². The first-order chi connectivity index (χ1) is 6.29. The van der Waals surface area contributed by atoms with Gasteiger partial charge in [-0.05, 0) is 6.07 Å². The molecule has 2 rings (SSSR count). The molecule has 1 amide bonds. The molecule has 4 heteroatoms. The highest BCUT2D eigenvalue weighted by molar-refractivity contribution is 5.96. The second kappa shape index (κ2) is 3.06. The van der Waals surface area contributed by atoms with Gasteiger partial charge in [0.1, 0.15) is 5.75 Å². The first kappa shape index (κ1) is 8.07. The van der Waals surface area contributed by atoms with Gasteiger partial charge in [-0.2, -0.15) is 0 Å². The van der Waals surface area contributed by atoms with Crippen LogP contribution in [-0.4, -0.2) is 12.7 Å². The van der Waals surface area contributed by atoms with E-state index in [4.69, 9.17) is 15.2 Å². The van der Waals surface area contributed by atoms with Crippen LogP contribution in [0.2, 0.25) is 0 Å². The van der Waals surface area contributed by atoms with Gasteiger partial charge < -0.3 is 15.2 Å². The number of nitrogens with two attached hydrogens (primary N) is 1. The second-order valence-corrected chi connectivity index (χ2v) is 2.77. The minimum absolute atomic E-state index is 0.178. The van der Waals surface area contributed by atoms with E-state index < -0.39 is 5.91 Å². The van der Waals surface area contributed by atoms with Gasteiger partial charge in [-0.3, -0.25) is 4.79 Å². The molecule has 1 heterocycles. The van der Waals surface area contributed by atoms with E-state index in [0.717, 1.165) is 5.56 Å². The predicted molar refractivity (Wildman–Crippen MR) is 45.2 cm³/mol. The van der Waals surface area contributed by atoms with Crippen molar-refractivity contribution < 1.29 is 14.3 Å². The lowest BCUT2D eigenvalue weighted by Crippen LogP contribution is -2.18. The Labute approximate surface area is 75.2 Å². The Morgan fingerprint density at radius 1 is 1.46 bits per heavy atom. The van der Waals surface area contributed by atoms with E-state index in [1.807, 2.05) is 6.07 Å². The minimum Gasteiger partial charge on any atom is -0.466 e. The lowest BCUT2D eigenvalue weighted by atomic mass is 10.1. The van der Waals surface area contributed by atoms with Crippen LogP contribution < -0.4 is 10.5 Å². The van der Waals surface area contributed by atoms with Crippen LogP contribution in [0.25, 0.3) is 0 Å². The zero-order valence-electron chi connectivity index (χ0n) is 6.95. The second-order valence-electron chi connectivity index (χ2n) is 2.77. The van der Waals surface area contributed by atoms with Crippen molar-refractivity contribution in [3.8, 4) is 5.75 Å². The molecule has 0 saturated heterocycles. The molecule has 0 atom stereocenters. The first-order valence-electron chi connectivity index (χ1n) is 3.91. The van der Waals surface area contributed by atoms with Crippen LogP contribution in [0.15, 0.2) is 18.2 Å². The number of rotatable bonds is 1. The van der Waals surface area contributed by atoms with Crippen LogP contribution in [0.4, 0.5) is 0 Å². The first-order valence-corrected chi connectivity index (χ1v) is 3.91. The molecule has 0 spiro atoms. The van der Waals surface area contributed by atoms with Gasteiger partial charge in [0.05, 0.1) is 12.2 Å². The van der Waals surface area contributed by atoms with E-state index >= 15 is 0 Å². The third-order valence-corrected chi connectivity index (χ3v) is 1.91. The molecule has 68 valence electrons. The van der Waals surface area contributed by atoms with Crippen molar-refractivity contribution in [3.05, 3.63) is 29.3 Å². The third kappa shape index (κ3) is 1.36. The summed E-state index contributed by atoms with van der Waals surface area (Å²) in [6.45, 7) is 0.647. The van der Waals surface area contributed by atoms with Crippen LogP contribution in [0.3, 0.4) is 0 Å². The number of para-hydroxylation sites is 1. The maximum atomic E-state index is 11.0. The number of carbonyl (C=O) groups is 1. The highest BCUT2D eigenvalue weighted by Gasteiger charge is 2.16. The van der Waals surface area contributed by atoms with Crippen LogP contribution in [0, 0.1) is 0 Å². The van der Waals surface area contributed by atoms with Crippen molar-refractivity contribution in [2.24, 2.45) is 5.73 Å². The summed E-state index contributed by atoms with van der Waals surface area (Å²) >= 11 is 0. The molecule has 2 N–H and O–H groups in total. The molecule has 1 aromatic carbocycles. The topological polar surface area (TPSA) is 61.6 Å². The van der Waals surface area contributed by atoms with Gasteiger partial charge in [-0.25, -0.2) is 0 Å². The summed E-state index contributed by atoms with van der Waals surface area (Å²) < 4.78 is 10.2. The van der Waals surface area contributed by atoms with Crippen molar-refractivity contribution in [1.29, 1.82) is 0 Å². The van der Waals surface area contributed by atoms with Crippen molar-refractivity contribution >= 4 is 5.91 Å². The highest BCUT2D eigenvalue weighted by Crippen LogP contribution is 2.27. The smallest absolute Gasteiger partial charge is 0.252 e. The molecule has 0 aliphatic carbocycles. The maximum absolute atomic E-state index is 11.0. The zero-order valence-corrected chi connectivity index (χ0v) is 6.95. The predicted octanol–water partition coefficient (Wildman–Crippen LogP) is 0.652. The molecule has 1 aromatic rings. The molecule has 0 fully saturated rings. The Morgan fingerprint density at radius 2 is 2.31 bits per heavy atom. The van der Waals surface area contributed by atoms with Crippen LogP contribution in [-0.2, 0) is 11.3 Å². The third-order valence-electron chi connectivity index (χ3n) is 1.91. The number of primary amides is 1. The summed E-state index contributed by atoms with van der Waals surface area (Å²) in [5, 5.41) is 0. The lowest BCUT2D eigenvalue weighted by molar-refractivity contribution is -0.0168. The standard InChI is InChI=1S/C9H9NO3/c10-9(11)7-3-1-2-6-4-12-5-13-8(6)7/h1-3H,4-5H2,(H2,10,11). The average Bonchev–Trinajstić information content (AvgIpc) is 2.17. The molecule has 1 aliphatic heterocycles. The number of hydrogen-bond donors (Lipinski definition) is 1. The summed E-state index contributed by atoms with van der Waals surface area (Å²) in [5.74, 6) is 0.0833. The quantitative estimate of drug-likeness (QED) is 0.688. The molecule has 0 radical (unpaired) electrons. The molecular formula is C9H9NO3. The molecule has 4 nitrogen and oxygen atoms in total. The van der Waals surface area contributed by atoms with Crippen LogP contribution >= 0.6 is 0 Å². The maximum Gasteiger partial charge on any atom is 0.252 e. The lowest BCUT2D eigenvalue weighted by Gasteiger charge is -2.19. The molecular weight excluding hydrogens is 170 g/mol. The molecule has 0 bridgehead atoms. The van der Waals surface area contributed by atoms with Gasteiger partial charge in [0.15, 0.2) is 6.79 Å². The number of benzene rings is 1. The fourth-order valence-electron chi connectivity index (χ4n) is 1.32. The van der Waals surface area contributed by atoms with Crippen LogP contribution in [0.5, 0.6) is 5.75 Å². The summed E-state index contributed by atoms with van der Waals surface area (Å²) in [5.41, 5.74) is 6.46. The van der Waals surface area contributed by atoms with E-state index in [-0.39, 0.29) is 6.79 Å². The van der Waals surface area contributed by atoms with E-state index in [9.17, 15) is 4.79 Å². The zero-order chi connectivity index (χ0) is 9.26.